The van der Waals surface area contributed by atoms with Crippen molar-refractivity contribution in [3.05, 3.63) is 0 Å². The molecule has 0 saturated carbocycles. The van der Waals surface area contributed by atoms with Crippen molar-refractivity contribution in [2.24, 2.45) is 0 Å². The van der Waals surface area contributed by atoms with Gasteiger partial charge in [-0.05, 0) is 0 Å². The van der Waals surface area contributed by atoms with Gasteiger partial charge in [0.05, 0.1) is 6.61 Å². The van der Waals surface area contributed by atoms with Crippen molar-refractivity contribution in [1.29, 1.82) is 5.26 Å². The lowest BCUT2D eigenvalue weighted by Gasteiger charge is -2.35. The number of carbonyl (C=O) groups excluding carboxylic acids is 2. The van der Waals surface area contributed by atoms with Gasteiger partial charge in [0.15, 0.2) is 24.6 Å². The predicted molar refractivity (Wildman–Crippen MR) is 60.8 cm³/mol. The maximum absolute atomic E-state index is 11.2. The molecule has 0 aliphatic carbocycles. The largest absolute Gasteiger partial charge is 0.456 e. The molecule has 0 N–H and O–H groups in total. The molecular formula is C12H15NO7. The van der Waals surface area contributed by atoms with Crippen LogP contribution in [0.2, 0.25) is 0 Å². The molecule has 0 radical (unpaired) electrons. The van der Waals surface area contributed by atoms with Crippen LogP contribution in [0.5, 0.6) is 0 Å². The second-order valence-corrected chi connectivity index (χ2v) is 4.68. The topological polar surface area (TPSA) is 104 Å². The molecule has 5 atom stereocenters. The minimum atomic E-state index is -1.49. The van der Waals surface area contributed by atoms with Gasteiger partial charge < -0.3 is 23.7 Å². The lowest BCUT2D eigenvalue weighted by atomic mass is 10.0. The van der Waals surface area contributed by atoms with Crippen LogP contribution in [0.3, 0.4) is 0 Å². The van der Waals surface area contributed by atoms with E-state index in [1.54, 1.807) is 0 Å². The number of nitrogens with zero attached hydrogens (tertiary/aromatic N) is 1. The highest BCUT2D eigenvalue weighted by Crippen LogP contribution is 2.36. The SMILES string of the molecule is CC(=O)O[C@@H]1[C@H]2O[C@](C)(C#N)O[C@H]2OC[C@H]1OC(C)=O. The van der Waals surface area contributed by atoms with Crippen LogP contribution in [0.1, 0.15) is 20.8 Å². The number of ether oxygens (including phenoxy) is 5. The Labute approximate surface area is 115 Å². The summed E-state index contributed by atoms with van der Waals surface area (Å²) in [6.45, 7) is 3.89. The van der Waals surface area contributed by atoms with Crippen molar-refractivity contribution in [3.63, 3.8) is 0 Å². The van der Waals surface area contributed by atoms with Crippen molar-refractivity contribution in [1.82, 2.24) is 0 Å². The van der Waals surface area contributed by atoms with E-state index >= 15 is 0 Å². The Kier molecular flexibility index (Phi) is 3.94. The molecule has 20 heavy (non-hydrogen) atoms. The van der Waals surface area contributed by atoms with Crippen LogP contribution in [0.4, 0.5) is 0 Å². The zero-order valence-electron chi connectivity index (χ0n) is 11.3. The Balaban J connectivity index is 2.19. The molecule has 2 aliphatic rings. The monoisotopic (exact) mass is 285 g/mol. The summed E-state index contributed by atoms with van der Waals surface area (Å²) in [7, 11) is 0. The van der Waals surface area contributed by atoms with Crippen molar-refractivity contribution >= 4 is 11.9 Å². The van der Waals surface area contributed by atoms with Gasteiger partial charge in [0, 0.05) is 20.8 Å². The Bertz CT molecular complexity index is 459. The second-order valence-electron chi connectivity index (χ2n) is 4.68. The van der Waals surface area contributed by atoms with Gasteiger partial charge >= 0.3 is 11.9 Å². The first-order valence-corrected chi connectivity index (χ1v) is 6.07. The zero-order chi connectivity index (χ0) is 14.9. The maximum Gasteiger partial charge on any atom is 0.303 e. The van der Waals surface area contributed by atoms with E-state index in [-0.39, 0.29) is 6.61 Å². The standard InChI is InChI=1S/C12H15NO7/c1-6(14)17-8-4-16-11-10(9(8)18-7(2)15)19-12(3,5-13)20-11/h8-11H,4H2,1-3H3/t8-,9+,10-,11-,12+/m1/s1. The molecule has 8 nitrogen and oxygen atoms in total. The van der Waals surface area contributed by atoms with Gasteiger partial charge in [0.2, 0.25) is 0 Å². The van der Waals surface area contributed by atoms with E-state index in [1.807, 2.05) is 6.07 Å². The van der Waals surface area contributed by atoms with Crippen LogP contribution in [0.25, 0.3) is 0 Å². The van der Waals surface area contributed by atoms with Gasteiger partial charge in [-0.3, -0.25) is 9.59 Å². The highest BCUT2D eigenvalue weighted by molar-refractivity contribution is 5.67. The van der Waals surface area contributed by atoms with Crippen molar-refractivity contribution in [2.45, 2.75) is 51.2 Å². The van der Waals surface area contributed by atoms with Crippen LogP contribution >= 0.6 is 0 Å². The molecule has 8 heteroatoms. The summed E-state index contributed by atoms with van der Waals surface area (Å²) in [6.07, 6.45) is -3.37. The van der Waals surface area contributed by atoms with Gasteiger partial charge in [-0.1, -0.05) is 0 Å². The molecule has 2 rings (SSSR count). The van der Waals surface area contributed by atoms with E-state index < -0.39 is 42.3 Å². The lowest BCUT2D eigenvalue weighted by Crippen LogP contribution is -2.54. The molecule has 0 aromatic carbocycles. The average Bonchev–Trinajstić information content (AvgIpc) is 2.69. The number of hydrogen-bond donors (Lipinski definition) is 0. The van der Waals surface area contributed by atoms with Crippen molar-refractivity contribution < 1.29 is 33.3 Å². The number of carbonyl (C=O) groups is 2. The molecule has 0 aromatic rings. The summed E-state index contributed by atoms with van der Waals surface area (Å²) in [5, 5.41) is 9.00. The second kappa shape index (κ2) is 5.36. The normalized spacial score (nSPS) is 39.5. The Hall–Kier alpha value is -1.69. The molecule has 2 heterocycles. The molecule has 0 aromatic heterocycles. The summed E-state index contributed by atoms with van der Waals surface area (Å²) in [4.78, 5) is 22.3. The quantitative estimate of drug-likeness (QED) is 0.646. The lowest BCUT2D eigenvalue weighted by molar-refractivity contribution is -0.230. The van der Waals surface area contributed by atoms with E-state index in [1.165, 1.54) is 20.8 Å². The molecule has 2 aliphatic heterocycles. The minimum Gasteiger partial charge on any atom is -0.456 e. The fourth-order valence-electron chi connectivity index (χ4n) is 2.18. The average molecular weight is 285 g/mol. The van der Waals surface area contributed by atoms with Gasteiger partial charge in [-0.15, -0.1) is 0 Å². The first-order chi connectivity index (χ1) is 9.34. The molecule has 0 unspecified atom stereocenters. The Morgan fingerprint density at radius 2 is 1.90 bits per heavy atom. The Morgan fingerprint density at radius 3 is 2.45 bits per heavy atom. The molecule has 0 amide bonds. The zero-order valence-corrected chi connectivity index (χ0v) is 11.3. The number of fused-ring (bicyclic) bond motifs is 1. The maximum atomic E-state index is 11.2. The number of esters is 2. The molecule has 0 spiro atoms. The smallest absolute Gasteiger partial charge is 0.303 e. The summed E-state index contributed by atoms with van der Waals surface area (Å²) in [6, 6.07) is 1.85. The first kappa shape index (κ1) is 14.7. The van der Waals surface area contributed by atoms with Crippen LogP contribution < -0.4 is 0 Å². The van der Waals surface area contributed by atoms with Crippen molar-refractivity contribution in [3.8, 4) is 6.07 Å². The summed E-state index contributed by atoms with van der Waals surface area (Å²) < 4.78 is 26.3. The van der Waals surface area contributed by atoms with Crippen LogP contribution in [0.15, 0.2) is 0 Å². The third kappa shape index (κ3) is 2.90. The van der Waals surface area contributed by atoms with Crippen LogP contribution in [0, 0.1) is 11.3 Å². The highest BCUT2D eigenvalue weighted by Gasteiger charge is 2.55. The Morgan fingerprint density at radius 1 is 1.25 bits per heavy atom. The van der Waals surface area contributed by atoms with Gasteiger partial charge in [-0.2, -0.15) is 5.26 Å². The van der Waals surface area contributed by atoms with Crippen LogP contribution in [-0.4, -0.2) is 48.9 Å². The molecule has 0 bridgehead atoms. The molecular weight excluding hydrogens is 270 g/mol. The van der Waals surface area contributed by atoms with E-state index in [0.717, 1.165) is 0 Å². The fraction of sp³-hybridized carbons (Fsp3) is 0.750. The van der Waals surface area contributed by atoms with E-state index in [4.69, 9.17) is 28.9 Å². The summed E-state index contributed by atoms with van der Waals surface area (Å²) in [5.41, 5.74) is 0. The van der Waals surface area contributed by atoms with E-state index in [0.29, 0.717) is 0 Å². The third-order valence-electron chi connectivity index (χ3n) is 2.91. The van der Waals surface area contributed by atoms with Gasteiger partial charge in [-0.25, -0.2) is 0 Å². The van der Waals surface area contributed by atoms with Crippen LogP contribution in [-0.2, 0) is 33.3 Å². The van der Waals surface area contributed by atoms with Gasteiger partial charge in [0.1, 0.15) is 6.07 Å². The first-order valence-electron chi connectivity index (χ1n) is 6.07. The fourth-order valence-corrected chi connectivity index (χ4v) is 2.18. The molecule has 2 saturated heterocycles. The highest BCUT2D eigenvalue weighted by atomic mass is 16.8. The summed E-state index contributed by atoms with van der Waals surface area (Å²) in [5.74, 6) is -2.57. The molecule has 110 valence electrons. The summed E-state index contributed by atoms with van der Waals surface area (Å²) >= 11 is 0. The van der Waals surface area contributed by atoms with E-state index in [9.17, 15) is 9.59 Å². The number of rotatable bonds is 2. The van der Waals surface area contributed by atoms with Gasteiger partial charge in [0.25, 0.3) is 5.79 Å². The molecule has 2 fully saturated rings. The van der Waals surface area contributed by atoms with Crippen molar-refractivity contribution in [2.75, 3.05) is 6.61 Å². The predicted octanol–water partition coefficient (Wildman–Crippen LogP) is -0.139. The van der Waals surface area contributed by atoms with E-state index in [2.05, 4.69) is 0 Å². The minimum absolute atomic E-state index is 0.0104. The third-order valence-corrected chi connectivity index (χ3v) is 2.91. The number of nitriles is 1. The number of hydrogen-bond acceptors (Lipinski definition) is 8.